The van der Waals surface area contributed by atoms with Crippen LogP contribution in [0.15, 0.2) is 4.63 Å². The van der Waals surface area contributed by atoms with E-state index >= 15 is 0 Å². The van der Waals surface area contributed by atoms with Crippen molar-refractivity contribution in [2.24, 2.45) is 0 Å². The Bertz CT molecular complexity index is 676. The van der Waals surface area contributed by atoms with Crippen molar-refractivity contribution in [1.82, 2.24) is 15.3 Å². The molecular formula is C14H18F3N3O. The Hall–Kier alpha value is -1.66. The van der Waals surface area contributed by atoms with Gasteiger partial charge in [0.25, 0.3) is 0 Å². The zero-order chi connectivity index (χ0) is 16.2. The lowest BCUT2D eigenvalue weighted by molar-refractivity contribution is -0.142. The third-order valence-corrected chi connectivity index (χ3v) is 3.14. The molecule has 0 aliphatic heterocycles. The van der Waals surface area contributed by atoms with Crippen LogP contribution in [-0.2, 0) is 17.0 Å². The molecule has 0 fully saturated rings. The quantitative estimate of drug-likeness (QED) is 0.730. The summed E-state index contributed by atoms with van der Waals surface area (Å²) in [6.45, 7) is 10.4. The van der Waals surface area contributed by atoms with Gasteiger partial charge in [0.1, 0.15) is 5.52 Å². The number of alkyl halides is 3. The number of rotatable bonds is 0. The lowest BCUT2D eigenvalue weighted by Crippen LogP contribution is -2.25. The van der Waals surface area contributed by atoms with Crippen LogP contribution >= 0.6 is 0 Å². The van der Waals surface area contributed by atoms with Gasteiger partial charge in [-0.05, 0) is 15.7 Å². The minimum Gasteiger partial charge on any atom is -0.245 e. The molecule has 4 nitrogen and oxygen atoms in total. The fourth-order valence-corrected chi connectivity index (χ4v) is 2.28. The second kappa shape index (κ2) is 4.42. The van der Waals surface area contributed by atoms with Crippen molar-refractivity contribution in [2.75, 3.05) is 0 Å². The van der Waals surface area contributed by atoms with Gasteiger partial charge in [-0.2, -0.15) is 13.2 Å². The van der Waals surface area contributed by atoms with Gasteiger partial charge in [-0.25, -0.2) is 9.61 Å². The largest absolute Gasteiger partial charge is 0.433 e. The molecule has 2 heterocycles. The summed E-state index contributed by atoms with van der Waals surface area (Å²) in [6, 6.07) is 0. The van der Waals surface area contributed by atoms with Crippen LogP contribution in [0.3, 0.4) is 0 Å². The number of fused-ring (bicyclic) bond motifs is 1. The van der Waals surface area contributed by atoms with Gasteiger partial charge in [-0.3, -0.25) is 0 Å². The van der Waals surface area contributed by atoms with Crippen LogP contribution in [0.1, 0.15) is 58.5 Å². The molecule has 0 aliphatic rings. The molecule has 0 N–H and O–H groups in total. The summed E-state index contributed by atoms with van der Waals surface area (Å²) >= 11 is 0. The Kier molecular flexibility index (Phi) is 3.31. The van der Waals surface area contributed by atoms with Gasteiger partial charge < -0.3 is 0 Å². The van der Waals surface area contributed by atoms with E-state index in [1.807, 2.05) is 0 Å². The molecule has 0 aromatic carbocycles. The maximum atomic E-state index is 13.4. The fraction of sp³-hybridized carbons (Fsp3) is 0.643. The van der Waals surface area contributed by atoms with E-state index in [1.54, 1.807) is 41.5 Å². The normalized spacial score (nSPS) is 14.0. The first-order valence-corrected chi connectivity index (χ1v) is 6.58. The first kappa shape index (κ1) is 15.7. The number of nitrogens with zero attached hydrogens (tertiary/aromatic N) is 3. The number of aromatic nitrogens is 3. The Balaban J connectivity index is 2.99. The molecule has 0 spiro atoms. The third-order valence-electron chi connectivity index (χ3n) is 3.14. The number of hydrogen-bond acceptors (Lipinski definition) is 4. The summed E-state index contributed by atoms with van der Waals surface area (Å²) < 4.78 is 45.0. The highest BCUT2D eigenvalue weighted by Gasteiger charge is 2.42. The van der Waals surface area contributed by atoms with Crippen LogP contribution in [0, 0.1) is 0 Å². The second-order valence-electron chi connectivity index (χ2n) is 7.14. The summed E-state index contributed by atoms with van der Waals surface area (Å²) in [5, 5.41) is 7.47. The molecule has 0 saturated carbocycles. The highest BCUT2D eigenvalue weighted by atomic mass is 19.4. The summed E-state index contributed by atoms with van der Waals surface area (Å²) in [5.74, 6) is 0. The first-order chi connectivity index (χ1) is 9.33. The molecule has 0 bridgehead atoms. The average molecular weight is 301 g/mol. The van der Waals surface area contributed by atoms with Crippen molar-refractivity contribution < 1.29 is 17.8 Å². The van der Waals surface area contributed by atoms with Crippen LogP contribution in [0.4, 0.5) is 13.2 Å². The molecule has 2 aromatic rings. The van der Waals surface area contributed by atoms with Crippen molar-refractivity contribution in [2.45, 2.75) is 58.5 Å². The van der Waals surface area contributed by atoms with Crippen molar-refractivity contribution in [3.63, 3.8) is 0 Å². The number of hydrogen-bond donors (Lipinski definition) is 0. The summed E-state index contributed by atoms with van der Waals surface area (Å²) in [6.07, 6.45) is -4.56. The van der Waals surface area contributed by atoms with Gasteiger partial charge in [-0.1, -0.05) is 41.5 Å². The van der Waals surface area contributed by atoms with Crippen molar-refractivity contribution >= 4 is 11.0 Å². The van der Waals surface area contributed by atoms with Gasteiger partial charge in [0.05, 0.1) is 5.69 Å². The van der Waals surface area contributed by atoms with Crippen molar-refractivity contribution in [3.05, 3.63) is 17.0 Å². The lowest BCUT2D eigenvalue weighted by Gasteiger charge is -2.26. The zero-order valence-electron chi connectivity index (χ0n) is 12.9. The van der Waals surface area contributed by atoms with Crippen molar-refractivity contribution in [3.8, 4) is 0 Å². The van der Waals surface area contributed by atoms with Gasteiger partial charge in [0.15, 0.2) is 11.2 Å². The van der Waals surface area contributed by atoms with E-state index in [0.29, 0.717) is 5.52 Å². The minimum absolute atomic E-state index is 0.0132. The molecule has 0 atom stereocenters. The highest BCUT2D eigenvalue weighted by molar-refractivity contribution is 5.82. The smallest absolute Gasteiger partial charge is 0.245 e. The highest BCUT2D eigenvalue weighted by Crippen LogP contribution is 2.41. The minimum atomic E-state index is -4.56. The maximum absolute atomic E-state index is 13.4. The molecule has 7 heteroatoms. The lowest BCUT2D eigenvalue weighted by atomic mass is 9.82. The molecule has 0 amide bonds. The molecule has 21 heavy (non-hydrogen) atoms. The topological polar surface area (TPSA) is 51.8 Å². The molecule has 0 unspecified atom stereocenters. The molecule has 0 radical (unpaired) electrons. The van der Waals surface area contributed by atoms with Crippen LogP contribution in [-0.4, -0.2) is 15.3 Å². The fourth-order valence-electron chi connectivity index (χ4n) is 2.28. The predicted molar refractivity (Wildman–Crippen MR) is 72.0 cm³/mol. The summed E-state index contributed by atoms with van der Waals surface area (Å²) in [5.41, 5.74) is -1.63. The Morgan fingerprint density at radius 3 is 1.71 bits per heavy atom. The molecule has 0 saturated heterocycles. The second-order valence-corrected chi connectivity index (χ2v) is 7.14. The number of halogens is 3. The molecular weight excluding hydrogens is 283 g/mol. The van der Waals surface area contributed by atoms with E-state index in [4.69, 9.17) is 4.63 Å². The van der Waals surface area contributed by atoms with Crippen molar-refractivity contribution in [1.29, 1.82) is 0 Å². The SMILES string of the molecule is CC(C)(C)c1nc(C(F)(F)F)c(C(C)(C)C)c2nonc12. The van der Waals surface area contributed by atoms with Crippen LogP contribution in [0.5, 0.6) is 0 Å². The van der Waals surface area contributed by atoms with Crippen LogP contribution in [0.25, 0.3) is 11.0 Å². The zero-order valence-corrected chi connectivity index (χ0v) is 12.9. The molecule has 116 valence electrons. The van der Waals surface area contributed by atoms with Gasteiger partial charge in [0, 0.05) is 11.0 Å². The van der Waals surface area contributed by atoms with Gasteiger partial charge in [-0.15, -0.1) is 0 Å². The van der Waals surface area contributed by atoms with E-state index in [1.165, 1.54) is 0 Å². The van der Waals surface area contributed by atoms with E-state index in [-0.39, 0.29) is 16.8 Å². The molecule has 2 rings (SSSR count). The third kappa shape index (κ3) is 2.73. The Morgan fingerprint density at radius 1 is 0.762 bits per heavy atom. The van der Waals surface area contributed by atoms with Crippen LogP contribution < -0.4 is 0 Å². The van der Waals surface area contributed by atoms with E-state index < -0.39 is 22.7 Å². The summed E-state index contributed by atoms with van der Waals surface area (Å²) in [4.78, 5) is 3.89. The number of pyridine rings is 1. The van der Waals surface area contributed by atoms with E-state index in [2.05, 4.69) is 15.3 Å². The van der Waals surface area contributed by atoms with E-state index in [9.17, 15) is 13.2 Å². The van der Waals surface area contributed by atoms with Gasteiger partial charge >= 0.3 is 6.18 Å². The Labute approximate surface area is 120 Å². The first-order valence-electron chi connectivity index (χ1n) is 6.58. The average Bonchev–Trinajstić information content (AvgIpc) is 2.70. The monoisotopic (exact) mass is 301 g/mol. The molecule has 0 aliphatic carbocycles. The van der Waals surface area contributed by atoms with E-state index in [0.717, 1.165) is 0 Å². The van der Waals surface area contributed by atoms with Gasteiger partial charge in [0.2, 0.25) is 0 Å². The van der Waals surface area contributed by atoms with Crippen LogP contribution in [0.2, 0.25) is 0 Å². The maximum Gasteiger partial charge on any atom is 0.433 e. The Morgan fingerprint density at radius 2 is 1.29 bits per heavy atom. The standard InChI is InChI=1S/C14H18F3N3O/c1-12(2,3)7-8-9(20-21-19-8)11(13(4,5)6)18-10(7)14(15,16)17/h1-6H3. The predicted octanol–water partition coefficient (Wildman–Crippen LogP) is 4.23. The summed E-state index contributed by atoms with van der Waals surface area (Å²) in [7, 11) is 0. The molecule has 2 aromatic heterocycles.